The molecule has 1 saturated heterocycles. The number of hydrogen-bond donors (Lipinski definition) is 2. The topological polar surface area (TPSA) is 63.2 Å². The summed E-state index contributed by atoms with van der Waals surface area (Å²) in [7, 11) is 0. The molecule has 1 saturated carbocycles. The van der Waals surface area contributed by atoms with Gasteiger partial charge in [-0.1, -0.05) is 6.07 Å². The molecule has 0 radical (unpaired) electrons. The summed E-state index contributed by atoms with van der Waals surface area (Å²) in [6.45, 7) is 2.06. The number of nitrogens with one attached hydrogen (secondary N) is 2. The van der Waals surface area contributed by atoms with Crippen molar-refractivity contribution >= 4 is 17.4 Å². The van der Waals surface area contributed by atoms with Crippen LogP contribution in [0.4, 0.5) is 24.7 Å². The Labute approximate surface area is 173 Å². The second kappa shape index (κ2) is 8.63. The molecule has 1 aliphatic carbocycles. The number of carbonyl (C=O) groups excluding carboxylic acids is 1. The lowest BCUT2D eigenvalue weighted by atomic mass is 10.00. The van der Waals surface area contributed by atoms with Crippen molar-refractivity contribution in [2.45, 2.75) is 37.8 Å². The Morgan fingerprint density at radius 3 is 2.57 bits per heavy atom. The molecule has 1 aromatic heterocycles. The van der Waals surface area contributed by atoms with E-state index in [4.69, 9.17) is 4.74 Å². The fourth-order valence-electron chi connectivity index (χ4n) is 3.61. The molecule has 5 nitrogen and oxygen atoms in total. The summed E-state index contributed by atoms with van der Waals surface area (Å²) in [6, 6.07) is 8.33. The Bertz CT molecular complexity index is 907. The van der Waals surface area contributed by atoms with E-state index in [-0.39, 0.29) is 11.8 Å². The van der Waals surface area contributed by atoms with Crippen LogP contribution < -0.4 is 10.6 Å². The summed E-state index contributed by atoms with van der Waals surface area (Å²) >= 11 is 0. The van der Waals surface area contributed by atoms with Crippen molar-refractivity contribution in [3.05, 3.63) is 53.2 Å². The van der Waals surface area contributed by atoms with Crippen LogP contribution in [0.15, 0.2) is 36.4 Å². The highest BCUT2D eigenvalue weighted by Crippen LogP contribution is 2.41. The summed E-state index contributed by atoms with van der Waals surface area (Å²) in [5.74, 6) is 0.915. The summed E-state index contributed by atoms with van der Waals surface area (Å²) in [5.41, 5.74) is 0.824. The van der Waals surface area contributed by atoms with Gasteiger partial charge in [0.15, 0.2) is 0 Å². The van der Waals surface area contributed by atoms with Crippen LogP contribution in [-0.2, 0) is 10.9 Å². The number of ether oxygens (including phenoxy) is 1. The molecule has 2 N–H and O–H groups in total. The smallest absolute Gasteiger partial charge is 0.381 e. The minimum atomic E-state index is -4.41. The molecule has 0 bridgehead atoms. The molecule has 160 valence electrons. The minimum Gasteiger partial charge on any atom is -0.381 e. The largest absolute Gasteiger partial charge is 0.416 e. The number of nitrogens with zero attached hydrogens (tertiary/aromatic N) is 1. The first kappa shape index (κ1) is 20.7. The van der Waals surface area contributed by atoms with E-state index in [0.717, 1.165) is 51.0 Å². The van der Waals surface area contributed by atoms with Crippen molar-refractivity contribution in [1.29, 1.82) is 0 Å². The van der Waals surface area contributed by atoms with E-state index >= 15 is 0 Å². The summed E-state index contributed by atoms with van der Waals surface area (Å²) in [5, 5.41) is 5.94. The maximum absolute atomic E-state index is 12.9. The molecule has 1 aromatic carbocycles. The molecule has 2 fully saturated rings. The van der Waals surface area contributed by atoms with E-state index < -0.39 is 11.7 Å². The molecule has 30 heavy (non-hydrogen) atoms. The van der Waals surface area contributed by atoms with Crippen molar-refractivity contribution < 1.29 is 22.7 Å². The lowest BCUT2D eigenvalue weighted by molar-refractivity contribution is -0.137. The van der Waals surface area contributed by atoms with Gasteiger partial charge in [0, 0.05) is 31.4 Å². The van der Waals surface area contributed by atoms with E-state index in [1.165, 1.54) is 6.07 Å². The highest BCUT2D eigenvalue weighted by molar-refractivity contribution is 5.95. The zero-order valence-electron chi connectivity index (χ0n) is 16.5. The second-order valence-corrected chi connectivity index (χ2v) is 7.87. The summed E-state index contributed by atoms with van der Waals surface area (Å²) in [4.78, 5) is 17.3. The Morgan fingerprint density at radius 1 is 1.10 bits per heavy atom. The molecular weight excluding hydrogens is 395 g/mol. The number of halogens is 3. The molecule has 0 spiro atoms. The zero-order chi connectivity index (χ0) is 21.1. The third-order valence-corrected chi connectivity index (χ3v) is 5.49. The normalized spacial score (nSPS) is 17.6. The van der Waals surface area contributed by atoms with Gasteiger partial charge in [-0.3, -0.25) is 4.79 Å². The highest BCUT2D eigenvalue weighted by atomic mass is 19.4. The number of benzene rings is 1. The average molecular weight is 419 g/mol. The van der Waals surface area contributed by atoms with Crippen LogP contribution in [0, 0.1) is 5.92 Å². The summed E-state index contributed by atoms with van der Waals surface area (Å²) in [6.07, 6.45) is -0.612. The van der Waals surface area contributed by atoms with Crippen LogP contribution in [0.2, 0.25) is 0 Å². The number of alkyl halides is 3. The predicted octanol–water partition coefficient (Wildman–Crippen LogP) is 4.88. The van der Waals surface area contributed by atoms with E-state index in [1.807, 2.05) is 0 Å². The average Bonchev–Trinajstić information content (AvgIpc) is 3.58. The van der Waals surface area contributed by atoms with Gasteiger partial charge < -0.3 is 15.4 Å². The van der Waals surface area contributed by atoms with Gasteiger partial charge in [0.05, 0.1) is 16.8 Å². The molecule has 2 heterocycles. The van der Waals surface area contributed by atoms with Crippen LogP contribution in [0.3, 0.4) is 0 Å². The Kier molecular flexibility index (Phi) is 5.94. The van der Waals surface area contributed by atoms with E-state index in [0.29, 0.717) is 35.2 Å². The molecule has 1 aliphatic heterocycles. The van der Waals surface area contributed by atoms with Crippen molar-refractivity contribution in [2.24, 2.45) is 5.92 Å². The third-order valence-electron chi connectivity index (χ3n) is 5.49. The quantitative estimate of drug-likeness (QED) is 0.701. The minimum absolute atomic E-state index is 0.151. The number of hydrogen-bond acceptors (Lipinski definition) is 4. The first-order chi connectivity index (χ1) is 14.4. The molecule has 2 aliphatic rings. The lowest BCUT2D eigenvalue weighted by Gasteiger charge is -2.22. The summed E-state index contributed by atoms with van der Waals surface area (Å²) < 4.78 is 44.2. The fraction of sp³-hybridized carbons (Fsp3) is 0.455. The molecule has 4 rings (SSSR count). The Hall–Kier alpha value is -2.61. The van der Waals surface area contributed by atoms with Gasteiger partial charge in [-0.05, 0) is 61.9 Å². The first-order valence-corrected chi connectivity index (χ1v) is 10.2. The number of amides is 1. The van der Waals surface area contributed by atoms with Crippen molar-refractivity contribution in [3.8, 4) is 0 Å². The van der Waals surface area contributed by atoms with E-state index in [9.17, 15) is 18.0 Å². The predicted molar refractivity (Wildman–Crippen MR) is 107 cm³/mol. The van der Waals surface area contributed by atoms with Crippen molar-refractivity contribution in [2.75, 3.05) is 25.1 Å². The first-order valence-electron chi connectivity index (χ1n) is 10.2. The standard InChI is InChI=1S/C22H24F3N3O2/c23-22(24,25)16-2-1-3-17(12-16)27-19-7-6-18(20(28-19)15-4-5-15)21(29)26-13-14-8-10-30-11-9-14/h1-3,6-7,12,14-15H,4-5,8-11,13H2,(H,26,29)(H,27,28). The zero-order valence-corrected chi connectivity index (χ0v) is 16.5. The van der Waals surface area contributed by atoms with E-state index in [2.05, 4.69) is 15.6 Å². The SMILES string of the molecule is O=C(NCC1CCOCC1)c1ccc(Nc2cccc(C(F)(F)F)c2)nc1C1CC1. The second-order valence-electron chi connectivity index (χ2n) is 7.87. The van der Waals surface area contributed by atoms with Gasteiger partial charge in [-0.15, -0.1) is 0 Å². The number of anilines is 2. The van der Waals surface area contributed by atoms with Gasteiger partial charge in [-0.25, -0.2) is 4.98 Å². The maximum Gasteiger partial charge on any atom is 0.416 e. The van der Waals surface area contributed by atoms with Crippen LogP contribution in [0.5, 0.6) is 0 Å². The third kappa shape index (κ3) is 5.11. The lowest BCUT2D eigenvalue weighted by Crippen LogP contribution is -2.32. The number of aromatic nitrogens is 1. The van der Waals surface area contributed by atoms with Gasteiger partial charge in [0.1, 0.15) is 5.82 Å². The molecule has 8 heteroatoms. The maximum atomic E-state index is 12.9. The van der Waals surface area contributed by atoms with Gasteiger partial charge in [-0.2, -0.15) is 13.2 Å². The number of pyridine rings is 1. The van der Waals surface area contributed by atoms with Crippen LogP contribution >= 0.6 is 0 Å². The van der Waals surface area contributed by atoms with E-state index in [1.54, 1.807) is 18.2 Å². The van der Waals surface area contributed by atoms with Gasteiger partial charge in [0.25, 0.3) is 5.91 Å². The van der Waals surface area contributed by atoms with Gasteiger partial charge >= 0.3 is 6.18 Å². The number of carbonyl (C=O) groups is 1. The molecule has 0 unspecified atom stereocenters. The Balaban J connectivity index is 1.47. The molecule has 0 atom stereocenters. The van der Waals surface area contributed by atoms with Crippen molar-refractivity contribution in [1.82, 2.24) is 10.3 Å². The monoisotopic (exact) mass is 419 g/mol. The molecular formula is C22H24F3N3O2. The highest BCUT2D eigenvalue weighted by Gasteiger charge is 2.31. The van der Waals surface area contributed by atoms with Crippen molar-refractivity contribution in [3.63, 3.8) is 0 Å². The van der Waals surface area contributed by atoms with Crippen LogP contribution in [0.25, 0.3) is 0 Å². The Morgan fingerprint density at radius 2 is 1.87 bits per heavy atom. The van der Waals surface area contributed by atoms with Gasteiger partial charge in [0.2, 0.25) is 0 Å². The van der Waals surface area contributed by atoms with Crippen LogP contribution in [-0.4, -0.2) is 30.6 Å². The fourth-order valence-corrected chi connectivity index (χ4v) is 3.61. The molecule has 1 amide bonds. The number of rotatable bonds is 6. The van der Waals surface area contributed by atoms with Crippen LogP contribution in [0.1, 0.15) is 53.2 Å². The molecule has 2 aromatic rings.